The van der Waals surface area contributed by atoms with E-state index in [9.17, 15) is 22.0 Å². The zero-order valence-corrected chi connectivity index (χ0v) is 20.9. The lowest BCUT2D eigenvalue weighted by Gasteiger charge is -2.29. The van der Waals surface area contributed by atoms with Gasteiger partial charge >= 0.3 is 0 Å². The molecule has 2 atom stereocenters. The Labute approximate surface area is 217 Å². The number of hydrogen-bond donors (Lipinski definition) is 3. The van der Waals surface area contributed by atoms with Gasteiger partial charge in [0.15, 0.2) is 9.84 Å². The van der Waals surface area contributed by atoms with Crippen molar-refractivity contribution in [3.8, 4) is 0 Å². The third-order valence-corrected chi connectivity index (χ3v) is 9.02. The summed E-state index contributed by atoms with van der Waals surface area (Å²) in [7, 11) is -2.99. The highest BCUT2D eigenvalue weighted by atomic mass is 32.2. The lowest BCUT2D eigenvalue weighted by Crippen LogP contribution is -2.40. The molecule has 3 aromatic carbocycles. The van der Waals surface area contributed by atoms with E-state index in [2.05, 4.69) is 10.2 Å². The first kappa shape index (κ1) is 24.5. The Morgan fingerprint density at radius 1 is 0.947 bits per heavy atom. The SMILES string of the molecule is N=C(N)c1cc(F)c(CNC(=O)c2ccc3c(c2)C2OC3c3ccc(N4CCS(=O)(=O)CC4)cc32)c(F)c1. The topological polar surface area (TPSA) is 126 Å². The van der Waals surface area contributed by atoms with E-state index in [1.165, 1.54) is 0 Å². The van der Waals surface area contributed by atoms with Gasteiger partial charge < -0.3 is 20.7 Å². The minimum absolute atomic E-state index is 0.0718. The summed E-state index contributed by atoms with van der Waals surface area (Å²) in [4.78, 5) is 14.9. The molecule has 1 amide bonds. The number of nitrogen functional groups attached to an aromatic ring is 1. The van der Waals surface area contributed by atoms with Gasteiger partial charge in [0, 0.05) is 42.0 Å². The minimum Gasteiger partial charge on any atom is -0.384 e. The number of carbonyl (C=O) groups excluding carboxylic acids is 1. The van der Waals surface area contributed by atoms with E-state index in [0.29, 0.717) is 18.7 Å². The van der Waals surface area contributed by atoms with Gasteiger partial charge in [-0.25, -0.2) is 17.2 Å². The smallest absolute Gasteiger partial charge is 0.251 e. The molecule has 3 aliphatic rings. The first-order valence-electron chi connectivity index (χ1n) is 12.1. The van der Waals surface area contributed by atoms with E-state index in [-0.39, 0.29) is 41.4 Å². The average molecular weight is 539 g/mol. The van der Waals surface area contributed by atoms with Crippen LogP contribution in [0.3, 0.4) is 0 Å². The van der Waals surface area contributed by atoms with Gasteiger partial charge in [-0.1, -0.05) is 12.1 Å². The van der Waals surface area contributed by atoms with Crippen LogP contribution in [-0.4, -0.2) is 44.8 Å². The molecule has 4 N–H and O–H groups in total. The number of fused-ring (bicyclic) bond motifs is 8. The first-order chi connectivity index (χ1) is 18.1. The molecule has 0 aliphatic carbocycles. The lowest BCUT2D eigenvalue weighted by molar-refractivity contribution is 0.0857. The highest BCUT2D eigenvalue weighted by Crippen LogP contribution is 2.54. The van der Waals surface area contributed by atoms with Gasteiger partial charge in [0.2, 0.25) is 0 Å². The Kier molecular flexibility index (Phi) is 5.73. The summed E-state index contributed by atoms with van der Waals surface area (Å²) in [6.45, 7) is 0.511. The Morgan fingerprint density at radius 3 is 2.21 bits per heavy atom. The summed E-state index contributed by atoms with van der Waals surface area (Å²) in [5.41, 5.74) is 10.0. The molecule has 1 saturated heterocycles. The number of nitrogens with two attached hydrogens (primary N) is 1. The van der Waals surface area contributed by atoms with E-state index in [4.69, 9.17) is 15.9 Å². The second kappa shape index (κ2) is 8.88. The molecule has 3 heterocycles. The van der Waals surface area contributed by atoms with Crippen LogP contribution in [0.4, 0.5) is 14.5 Å². The molecule has 0 saturated carbocycles. The van der Waals surface area contributed by atoms with E-state index in [0.717, 1.165) is 40.1 Å². The number of halogens is 2. The van der Waals surface area contributed by atoms with Crippen molar-refractivity contribution in [2.75, 3.05) is 29.5 Å². The third kappa shape index (κ3) is 4.11. The maximum atomic E-state index is 14.4. The van der Waals surface area contributed by atoms with E-state index in [1.54, 1.807) is 12.1 Å². The number of ether oxygens (including phenoxy) is 1. The number of amidine groups is 1. The maximum absolute atomic E-state index is 14.4. The van der Waals surface area contributed by atoms with Crippen LogP contribution in [-0.2, 0) is 21.1 Å². The van der Waals surface area contributed by atoms with Gasteiger partial charge in [0.05, 0.1) is 11.5 Å². The monoisotopic (exact) mass is 538 g/mol. The molecule has 11 heteroatoms. The highest BCUT2D eigenvalue weighted by molar-refractivity contribution is 7.91. The van der Waals surface area contributed by atoms with Crippen molar-refractivity contribution < 1.29 is 26.7 Å². The normalized spacial score (nSPS) is 20.6. The molecule has 38 heavy (non-hydrogen) atoms. The van der Waals surface area contributed by atoms with Gasteiger partial charge in [0.1, 0.15) is 29.7 Å². The van der Waals surface area contributed by atoms with Crippen molar-refractivity contribution in [1.29, 1.82) is 5.41 Å². The number of amides is 1. The van der Waals surface area contributed by atoms with Crippen LogP contribution in [0.5, 0.6) is 0 Å². The van der Waals surface area contributed by atoms with Gasteiger partial charge in [-0.15, -0.1) is 0 Å². The van der Waals surface area contributed by atoms with Crippen molar-refractivity contribution >= 4 is 27.3 Å². The van der Waals surface area contributed by atoms with Crippen LogP contribution in [0.1, 0.15) is 55.9 Å². The largest absolute Gasteiger partial charge is 0.384 e. The average Bonchev–Trinajstić information content (AvgIpc) is 3.44. The molecule has 2 unspecified atom stereocenters. The zero-order chi connectivity index (χ0) is 26.8. The number of anilines is 1. The Hall–Kier alpha value is -3.83. The number of sulfone groups is 1. The summed E-state index contributed by atoms with van der Waals surface area (Å²) in [6.07, 6.45) is -0.610. The fourth-order valence-electron chi connectivity index (χ4n) is 5.34. The molecule has 1 fully saturated rings. The molecular weight excluding hydrogens is 514 g/mol. The predicted molar refractivity (Wildman–Crippen MR) is 137 cm³/mol. The fourth-order valence-corrected chi connectivity index (χ4v) is 6.54. The van der Waals surface area contributed by atoms with Crippen LogP contribution < -0.4 is 16.0 Å². The number of nitrogens with one attached hydrogen (secondary N) is 2. The molecule has 8 nitrogen and oxygen atoms in total. The van der Waals surface area contributed by atoms with Crippen molar-refractivity contribution in [1.82, 2.24) is 5.32 Å². The van der Waals surface area contributed by atoms with Crippen LogP contribution in [0, 0.1) is 17.0 Å². The van der Waals surface area contributed by atoms with Gasteiger partial charge in [-0.3, -0.25) is 10.2 Å². The fraction of sp³-hybridized carbons (Fsp3) is 0.259. The summed E-state index contributed by atoms with van der Waals surface area (Å²) < 4.78 is 58.6. The maximum Gasteiger partial charge on any atom is 0.251 e. The molecule has 3 aliphatic heterocycles. The molecule has 6 rings (SSSR count). The molecule has 196 valence electrons. The molecular formula is C27H24F2N4O4S. The van der Waals surface area contributed by atoms with E-state index in [1.807, 2.05) is 24.3 Å². The Balaban J connectivity index is 1.20. The molecule has 3 aromatic rings. The van der Waals surface area contributed by atoms with Gasteiger partial charge in [-0.05, 0) is 58.7 Å². The van der Waals surface area contributed by atoms with Crippen LogP contribution in [0.15, 0.2) is 48.5 Å². The van der Waals surface area contributed by atoms with Crippen molar-refractivity contribution in [3.63, 3.8) is 0 Å². The number of benzene rings is 3. The quantitative estimate of drug-likeness (QED) is 0.339. The van der Waals surface area contributed by atoms with Gasteiger partial charge in [-0.2, -0.15) is 0 Å². The second-order valence-electron chi connectivity index (χ2n) is 9.71. The second-order valence-corrected chi connectivity index (χ2v) is 12.0. The standard InChI is InChI=1S/C27H24F2N4O4S/c28-22-10-15(26(30)31)11-23(29)21(22)13-32-27(34)14-1-3-17-19(9-14)25-20-12-16(2-4-18(20)24(17)37-25)33-5-7-38(35,36)8-6-33/h1-4,9-12,24-25H,5-8,13H2,(H3,30,31)(H,32,34). The van der Waals surface area contributed by atoms with Crippen molar-refractivity contribution in [2.45, 2.75) is 18.8 Å². The summed E-state index contributed by atoms with van der Waals surface area (Å²) in [6, 6.07) is 13.2. The summed E-state index contributed by atoms with van der Waals surface area (Å²) in [5.74, 6) is -2.48. The lowest BCUT2D eigenvalue weighted by atomic mass is 9.85. The first-order valence-corrected chi connectivity index (χ1v) is 13.9. The van der Waals surface area contributed by atoms with Crippen LogP contribution in [0.2, 0.25) is 0 Å². The third-order valence-electron chi connectivity index (χ3n) is 7.41. The minimum atomic E-state index is -2.99. The number of rotatable bonds is 5. The van der Waals surface area contributed by atoms with Crippen molar-refractivity contribution in [2.24, 2.45) is 5.73 Å². The predicted octanol–water partition coefficient (Wildman–Crippen LogP) is 2.94. The van der Waals surface area contributed by atoms with Crippen LogP contribution >= 0.6 is 0 Å². The van der Waals surface area contributed by atoms with E-state index < -0.39 is 33.2 Å². The number of nitrogens with zero attached hydrogens (tertiary/aromatic N) is 1. The summed E-state index contributed by atoms with van der Waals surface area (Å²) >= 11 is 0. The number of carbonyl (C=O) groups is 1. The molecule has 2 bridgehead atoms. The number of hydrogen-bond acceptors (Lipinski definition) is 6. The van der Waals surface area contributed by atoms with E-state index >= 15 is 0 Å². The molecule has 0 radical (unpaired) electrons. The molecule has 0 aromatic heterocycles. The Morgan fingerprint density at radius 2 is 1.55 bits per heavy atom. The summed E-state index contributed by atoms with van der Waals surface area (Å²) in [5, 5.41) is 9.90. The van der Waals surface area contributed by atoms with Crippen molar-refractivity contribution in [3.05, 3.63) is 99.1 Å². The van der Waals surface area contributed by atoms with Crippen LogP contribution in [0.25, 0.3) is 0 Å². The van der Waals surface area contributed by atoms with Gasteiger partial charge in [0.25, 0.3) is 5.91 Å². The highest BCUT2D eigenvalue weighted by Gasteiger charge is 2.43. The zero-order valence-electron chi connectivity index (χ0n) is 20.1. The molecule has 0 spiro atoms. The Bertz CT molecular complexity index is 1590.